The van der Waals surface area contributed by atoms with Crippen LogP contribution in [0.2, 0.25) is 0 Å². The molecule has 0 aliphatic heterocycles. The molecule has 0 amide bonds. The molecule has 19 heavy (non-hydrogen) atoms. The van der Waals surface area contributed by atoms with Crippen molar-refractivity contribution >= 4 is 27.6 Å². The number of anilines is 1. The minimum atomic E-state index is -0.778. The minimum absolute atomic E-state index is 0.0157. The van der Waals surface area contributed by atoms with Crippen LogP contribution < -0.4 is 10.1 Å². The Balaban J connectivity index is 2.43. The molecule has 1 aromatic carbocycles. The van der Waals surface area contributed by atoms with E-state index in [4.69, 9.17) is 9.47 Å². The molecule has 106 valence electrons. The number of aliphatic hydroxyl groups excluding tert-OH is 1. The number of rotatable bonds is 7. The van der Waals surface area contributed by atoms with Crippen LogP contribution in [0.3, 0.4) is 0 Å². The minimum Gasteiger partial charge on any atom is -0.496 e. The van der Waals surface area contributed by atoms with Gasteiger partial charge in [0.25, 0.3) is 0 Å². The van der Waals surface area contributed by atoms with Crippen LogP contribution in [0.4, 0.5) is 5.69 Å². The maximum absolute atomic E-state index is 11.2. The van der Waals surface area contributed by atoms with Crippen molar-refractivity contribution in [3.8, 4) is 5.75 Å². The molecule has 1 unspecified atom stereocenters. The molecule has 0 spiro atoms. The van der Waals surface area contributed by atoms with Crippen LogP contribution in [0.5, 0.6) is 5.75 Å². The fourth-order valence-electron chi connectivity index (χ4n) is 1.50. The topological polar surface area (TPSA) is 67.8 Å². The van der Waals surface area contributed by atoms with E-state index >= 15 is 0 Å². The lowest BCUT2D eigenvalue weighted by atomic mass is 10.2. The van der Waals surface area contributed by atoms with Crippen molar-refractivity contribution in [2.75, 3.05) is 25.6 Å². The van der Waals surface area contributed by atoms with Gasteiger partial charge in [-0.2, -0.15) is 0 Å². The van der Waals surface area contributed by atoms with E-state index in [-0.39, 0.29) is 13.0 Å². The lowest BCUT2D eigenvalue weighted by Gasteiger charge is -2.13. The zero-order valence-electron chi connectivity index (χ0n) is 11.0. The van der Waals surface area contributed by atoms with E-state index in [2.05, 4.69) is 21.2 Å². The lowest BCUT2D eigenvalue weighted by molar-refractivity contribution is -0.145. The summed E-state index contributed by atoms with van der Waals surface area (Å²) in [7, 11) is 1.59. The maximum Gasteiger partial charge on any atom is 0.308 e. The number of carbonyl (C=O) groups excluding carboxylic acids is 1. The number of carbonyl (C=O) groups is 1. The van der Waals surface area contributed by atoms with Crippen molar-refractivity contribution in [3.05, 3.63) is 22.7 Å². The summed E-state index contributed by atoms with van der Waals surface area (Å²) in [6, 6.07) is 5.49. The predicted molar refractivity (Wildman–Crippen MR) is 76.4 cm³/mol. The third kappa shape index (κ3) is 5.48. The first kappa shape index (κ1) is 15.8. The predicted octanol–water partition coefficient (Wildman–Crippen LogP) is 2.18. The van der Waals surface area contributed by atoms with E-state index in [1.165, 1.54) is 0 Å². The summed E-state index contributed by atoms with van der Waals surface area (Å²) < 4.78 is 10.7. The van der Waals surface area contributed by atoms with Crippen molar-refractivity contribution < 1.29 is 19.4 Å². The molecule has 1 aromatic rings. The maximum atomic E-state index is 11.2. The summed E-state index contributed by atoms with van der Waals surface area (Å²) >= 11 is 3.37. The first-order valence-electron chi connectivity index (χ1n) is 5.98. The summed E-state index contributed by atoms with van der Waals surface area (Å²) in [6.07, 6.45) is -0.794. The molecule has 5 nitrogen and oxygen atoms in total. The molecule has 0 bridgehead atoms. The Labute approximate surface area is 121 Å². The van der Waals surface area contributed by atoms with E-state index in [0.29, 0.717) is 6.61 Å². The van der Waals surface area contributed by atoms with Gasteiger partial charge >= 0.3 is 5.97 Å². The highest BCUT2D eigenvalue weighted by Crippen LogP contribution is 2.27. The zero-order valence-corrected chi connectivity index (χ0v) is 12.6. The number of esters is 1. The molecule has 0 saturated heterocycles. The van der Waals surface area contributed by atoms with Gasteiger partial charge in [0.1, 0.15) is 5.75 Å². The summed E-state index contributed by atoms with van der Waals surface area (Å²) in [5, 5.41) is 12.7. The number of methoxy groups -OCH3 is 1. The molecule has 0 saturated carbocycles. The van der Waals surface area contributed by atoms with Gasteiger partial charge in [0.15, 0.2) is 0 Å². The quantitative estimate of drug-likeness (QED) is 0.749. The second kappa shape index (κ2) is 8.01. The van der Waals surface area contributed by atoms with E-state index < -0.39 is 12.1 Å². The standard InChI is InChI=1S/C13H18BrNO4/c1-3-19-13(17)7-10(16)8-15-9-4-5-12(18-2)11(14)6-9/h4-6,10,15-16H,3,7-8H2,1-2H3. The van der Waals surface area contributed by atoms with E-state index in [0.717, 1.165) is 15.9 Å². The van der Waals surface area contributed by atoms with Crippen molar-refractivity contribution in [2.24, 2.45) is 0 Å². The molecule has 0 radical (unpaired) electrons. The van der Waals surface area contributed by atoms with Gasteiger partial charge in [0.2, 0.25) is 0 Å². The summed E-state index contributed by atoms with van der Waals surface area (Å²) in [5.41, 5.74) is 0.829. The molecular weight excluding hydrogens is 314 g/mol. The largest absolute Gasteiger partial charge is 0.496 e. The van der Waals surface area contributed by atoms with Crippen LogP contribution in [-0.2, 0) is 9.53 Å². The molecule has 2 N–H and O–H groups in total. The number of hydrogen-bond acceptors (Lipinski definition) is 5. The van der Waals surface area contributed by atoms with Gasteiger partial charge in [-0.05, 0) is 41.1 Å². The Morgan fingerprint density at radius 3 is 2.84 bits per heavy atom. The molecular formula is C13H18BrNO4. The fraction of sp³-hybridized carbons (Fsp3) is 0.462. The van der Waals surface area contributed by atoms with Crippen LogP contribution in [0.25, 0.3) is 0 Å². The van der Waals surface area contributed by atoms with E-state index in [1.807, 2.05) is 18.2 Å². The number of benzene rings is 1. The van der Waals surface area contributed by atoms with Gasteiger partial charge in [0.05, 0.1) is 30.7 Å². The van der Waals surface area contributed by atoms with Crippen LogP contribution in [0.15, 0.2) is 22.7 Å². The second-order valence-corrected chi connectivity index (χ2v) is 4.75. The Morgan fingerprint density at radius 2 is 2.26 bits per heavy atom. The number of aliphatic hydroxyl groups is 1. The molecule has 1 atom stereocenters. The Hall–Kier alpha value is -1.27. The smallest absolute Gasteiger partial charge is 0.308 e. The lowest BCUT2D eigenvalue weighted by Crippen LogP contribution is -2.23. The van der Waals surface area contributed by atoms with Crippen molar-refractivity contribution in [1.29, 1.82) is 0 Å². The van der Waals surface area contributed by atoms with Crippen LogP contribution in [0, 0.1) is 0 Å². The number of halogens is 1. The Kier molecular flexibility index (Phi) is 6.66. The Morgan fingerprint density at radius 1 is 1.53 bits per heavy atom. The van der Waals surface area contributed by atoms with Crippen molar-refractivity contribution in [1.82, 2.24) is 0 Å². The summed E-state index contributed by atoms with van der Waals surface area (Å²) in [5.74, 6) is 0.338. The highest BCUT2D eigenvalue weighted by Gasteiger charge is 2.11. The number of ether oxygens (including phenoxy) is 2. The third-order valence-corrected chi connectivity index (χ3v) is 3.02. The molecule has 6 heteroatoms. The van der Waals surface area contributed by atoms with Gasteiger partial charge in [-0.3, -0.25) is 4.79 Å². The molecule has 0 aromatic heterocycles. The fourth-order valence-corrected chi connectivity index (χ4v) is 2.04. The molecule has 1 rings (SSSR count). The zero-order chi connectivity index (χ0) is 14.3. The number of hydrogen-bond donors (Lipinski definition) is 2. The highest BCUT2D eigenvalue weighted by atomic mass is 79.9. The van der Waals surface area contributed by atoms with Crippen molar-refractivity contribution in [3.63, 3.8) is 0 Å². The SMILES string of the molecule is CCOC(=O)CC(O)CNc1ccc(OC)c(Br)c1. The monoisotopic (exact) mass is 331 g/mol. The number of nitrogens with one attached hydrogen (secondary N) is 1. The first-order chi connectivity index (χ1) is 9.06. The average molecular weight is 332 g/mol. The van der Waals surface area contributed by atoms with Crippen LogP contribution >= 0.6 is 15.9 Å². The Bertz CT molecular complexity index is 425. The normalized spacial score (nSPS) is 11.8. The summed E-state index contributed by atoms with van der Waals surface area (Å²) in [6.45, 7) is 2.33. The van der Waals surface area contributed by atoms with E-state index in [1.54, 1.807) is 14.0 Å². The van der Waals surface area contributed by atoms with Gasteiger partial charge in [-0.15, -0.1) is 0 Å². The van der Waals surface area contributed by atoms with Gasteiger partial charge < -0.3 is 19.9 Å². The van der Waals surface area contributed by atoms with Gasteiger partial charge in [0, 0.05) is 12.2 Å². The van der Waals surface area contributed by atoms with E-state index in [9.17, 15) is 9.90 Å². The third-order valence-electron chi connectivity index (χ3n) is 2.40. The average Bonchev–Trinajstić information content (AvgIpc) is 2.36. The van der Waals surface area contributed by atoms with Crippen LogP contribution in [0.1, 0.15) is 13.3 Å². The second-order valence-electron chi connectivity index (χ2n) is 3.89. The van der Waals surface area contributed by atoms with Crippen molar-refractivity contribution in [2.45, 2.75) is 19.4 Å². The van der Waals surface area contributed by atoms with Gasteiger partial charge in [-0.1, -0.05) is 0 Å². The van der Waals surface area contributed by atoms with Gasteiger partial charge in [-0.25, -0.2) is 0 Å². The molecule has 0 aliphatic carbocycles. The van der Waals surface area contributed by atoms with Crippen LogP contribution in [-0.4, -0.2) is 37.4 Å². The highest BCUT2D eigenvalue weighted by molar-refractivity contribution is 9.10. The molecule has 0 aliphatic rings. The molecule has 0 fully saturated rings. The first-order valence-corrected chi connectivity index (χ1v) is 6.77. The molecule has 0 heterocycles. The summed E-state index contributed by atoms with van der Waals surface area (Å²) in [4.78, 5) is 11.2.